The summed E-state index contributed by atoms with van der Waals surface area (Å²) in [5.41, 5.74) is 6.90. The number of H-pyrrole nitrogens is 1. The highest BCUT2D eigenvalue weighted by molar-refractivity contribution is 7.80. The Morgan fingerprint density at radius 1 is 1.40 bits per heavy atom. The van der Waals surface area contributed by atoms with Gasteiger partial charge in [0, 0.05) is 38.1 Å². The van der Waals surface area contributed by atoms with Gasteiger partial charge in [-0.3, -0.25) is 14.9 Å². The molecule has 20 heavy (non-hydrogen) atoms. The van der Waals surface area contributed by atoms with Gasteiger partial charge in [-0.2, -0.15) is 5.10 Å². The Morgan fingerprint density at radius 2 is 2.25 bits per heavy atom. The van der Waals surface area contributed by atoms with Crippen molar-refractivity contribution in [1.29, 1.82) is 0 Å². The molecule has 2 aromatic heterocycles. The molecule has 0 radical (unpaired) electrons. The Labute approximate surface area is 122 Å². The number of nitrogens with two attached hydrogens (primary N) is 1. The molecule has 0 aliphatic heterocycles. The number of amides is 1. The molecule has 104 valence electrons. The monoisotopic (exact) mass is 289 g/mol. The summed E-state index contributed by atoms with van der Waals surface area (Å²) >= 11 is 4.87. The highest BCUT2D eigenvalue weighted by Crippen LogP contribution is 2.08. The largest absolute Gasteiger partial charge is 0.393 e. The molecule has 0 bridgehead atoms. The van der Waals surface area contributed by atoms with Crippen LogP contribution in [0.15, 0.2) is 36.8 Å². The predicted molar refractivity (Wildman–Crippen MR) is 79.0 cm³/mol. The lowest BCUT2D eigenvalue weighted by atomic mass is 10.2. The van der Waals surface area contributed by atoms with Crippen molar-refractivity contribution in [1.82, 2.24) is 20.1 Å². The molecule has 2 heterocycles. The molecule has 2 rings (SSSR count). The van der Waals surface area contributed by atoms with Gasteiger partial charge in [-0.05, 0) is 17.7 Å². The van der Waals surface area contributed by atoms with Gasteiger partial charge < -0.3 is 10.6 Å². The Bertz CT molecular complexity index is 570. The average molecular weight is 289 g/mol. The normalized spacial score (nSPS) is 10.2. The first-order valence-corrected chi connectivity index (χ1v) is 6.53. The van der Waals surface area contributed by atoms with Crippen molar-refractivity contribution in [2.75, 3.05) is 6.54 Å². The van der Waals surface area contributed by atoms with E-state index in [2.05, 4.69) is 15.2 Å². The smallest absolute Gasteiger partial charge is 0.272 e. The molecule has 7 heteroatoms. The predicted octanol–water partition coefficient (Wildman–Crippen LogP) is 1.12. The van der Waals surface area contributed by atoms with E-state index < -0.39 is 0 Å². The number of hydrogen-bond donors (Lipinski definition) is 2. The van der Waals surface area contributed by atoms with Gasteiger partial charge in [-0.25, -0.2) is 0 Å². The van der Waals surface area contributed by atoms with Crippen LogP contribution < -0.4 is 5.73 Å². The molecule has 3 N–H and O–H groups in total. The maximum atomic E-state index is 12.4. The quantitative estimate of drug-likeness (QED) is 0.778. The van der Waals surface area contributed by atoms with Crippen LogP contribution >= 0.6 is 12.2 Å². The lowest BCUT2D eigenvalue weighted by Gasteiger charge is -2.21. The van der Waals surface area contributed by atoms with Crippen molar-refractivity contribution >= 4 is 23.1 Å². The summed E-state index contributed by atoms with van der Waals surface area (Å²) in [6, 6.07) is 5.39. The Kier molecular flexibility index (Phi) is 4.78. The zero-order valence-corrected chi connectivity index (χ0v) is 11.6. The van der Waals surface area contributed by atoms with E-state index in [1.165, 1.54) is 0 Å². The number of nitrogens with one attached hydrogen (secondary N) is 1. The first-order valence-electron chi connectivity index (χ1n) is 6.12. The van der Waals surface area contributed by atoms with Gasteiger partial charge in [0.2, 0.25) is 0 Å². The summed E-state index contributed by atoms with van der Waals surface area (Å²) in [6.07, 6.45) is 5.45. The second-order valence-corrected chi connectivity index (χ2v) is 4.80. The zero-order chi connectivity index (χ0) is 14.4. The van der Waals surface area contributed by atoms with Gasteiger partial charge in [0.25, 0.3) is 5.91 Å². The third kappa shape index (κ3) is 3.86. The number of rotatable bonds is 6. The van der Waals surface area contributed by atoms with Gasteiger partial charge in [-0.1, -0.05) is 18.3 Å². The van der Waals surface area contributed by atoms with Gasteiger partial charge in [0.1, 0.15) is 5.69 Å². The van der Waals surface area contributed by atoms with Gasteiger partial charge >= 0.3 is 0 Å². The van der Waals surface area contributed by atoms with Crippen LogP contribution in [-0.4, -0.2) is 37.5 Å². The molecule has 0 atom stereocenters. The highest BCUT2D eigenvalue weighted by atomic mass is 32.1. The van der Waals surface area contributed by atoms with E-state index in [1.807, 2.05) is 12.1 Å². The van der Waals surface area contributed by atoms with Crippen LogP contribution in [-0.2, 0) is 6.54 Å². The van der Waals surface area contributed by atoms with Crippen molar-refractivity contribution in [3.63, 3.8) is 0 Å². The van der Waals surface area contributed by atoms with Crippen molar-refractivity contribution < 1.29 is 4.79 Å². The summed E-state index contributed by atoms with van der Waals surface area (Å²) in [5.74, 6) is -0.136. The number of carbonyl (C=O) groups is 1. The summed E-state index contributed by atoms with van der Waals surface area (Å²) in [7, 11) is 0. The molecule has 2 aromatic rings. The molecular weight excluding hydrogens is 274 g/mol. The number of aromatic nitrogens is 3. The minimum Gasteiger partial charge on any atom is -0.393 e. The fourth-order valence-corrected chi connectivity index (χ4v) is 1.85. The maximum Gasteiger partial charge on any atom is 0.272 e. The minimum absolute atomic E-state index is 0.136. The van der Waals surface area contributed by atoms with E-state index in [0.717, 1.165) is 5.56 Å². The average Bonchev–Trinajstić information content (AvgIpc) is 2.97. The fourth-order valence-electron chi connectivity index (χ4n) is 1.75. The number of nitrogens with zero attached hydrogens (tertiary/aromatic N) is 3. The number of thiocarbonyl (C=S) groups is 1. The standard InChI is InChI=1S/C13H15N5OS/c14-12(20)4-7-18(9-10-2-1-5-15-8-10)13(19)11-3-6-16-17-11/h1-3,5-6,8H,4,7,9H2,(H2,14,20)(H,16,17). The van der Waals surface area contributed by atoms with Crippen molar-refractivity contribution in [2.45, 2.75) is 13.0 Å². The molecule has 1 amide bonds. The van der Waals surface area contributed by atoms with E-state index in [0.29, 0.717) is 30.2 Å². The first kappa shape index (κ1) is 14.1. The molecule has 0 aromatic carbocycles. The van der Waals surface area contributed by atoms with Crippen molar-refractivity contribution in [3.8, 4) is 0 Å². The van der Waals surface area contributed by atoms with E-state index in [-0.39, 0.29) is 5.91 Å². The first-order chi connectivity index (χ1) is 9.66. The van der Waals surface area contributed by atoms with Gasteiger partial charge in [0.05, 0.1) is 4.99 Å². The Balaban J connectivity index is 2.12. The molecule has 0 unspecified atom stereocenters. The zero-order valence-electron chi connectivity index (χ0n) is 10.8. The SMILES string of the molecule is NC(=S)CCN(Cc1cccnc1)C(=O)c1ccn[nH]1. The number of pyridine rings is 1. The van der Waals surface area contributed by atoms with E-state index in [1.54, 1.807) is 29.6 Å². The van der Waals surface area contributed by atoms with Gasteiger partial charge in [-0.15, -0.1) is 0 Å². The van der Waals surface area contributed by atoms with Crippen LogP contribution in [0.4, 0.5) is 0 Å². The van der Waals surface area contributed by atoms with E-state index >= 15 is 0 Å². The third-order valence-electron chi connectivity index (χ3n) is 2.74. The number of hydrogen-bond acceptors (Lipinski definition) is 4. The summed E-state index contributed by atoms with van der Waals surface area (Å²) in [5, 5.41) is 6.46. The van der Waals surface area contributed by atoms with Crippen LogP contribution in [0.5, 0.6) is 0 Å². The van der Waals surface area contributed by atoms with Crippen LogP contribution in [0.2, 0.25) is 0 Å². The van der Waals surface area contributed by atoms with Crippen molar-refractivity contribution in [2.24, 2.45) is 5.73 Å². The molecule has 6 nitrogen and oxygen atoms in total. The molecule has 0 spiro atoms. The summed E-state index contributed by atoms with van der Waals surface area (Å²) < 4.78 is 0. The number of aromatic amines is 1. The number of carbonyl (C=O) groups excluding carboxylic acids is 1. The second kappa shape index (κ2) is 6.76. The van der Waals surface area contributed by atoms with Crippen molar-refractivity contribution in [3.05, 3.63) is 48.0 Å². The molecule has 0 fully saturated rings. The third-order valence-corrected chi connectivity index (χ3v) is 2.95. The Morgan fingerprint density at radius 3 is 2.85 bits per heavy atom. The lowest BCUT2D eigenvalue weighted by Crippen LogP contribution is -2.33. The molecule has 0 aliphatic rings. The Hall–Kier alpha value is -2.28. The van der Waals surface area contributed by atoms with E-state index in [9.17, 15) is 4.79 Å². The summed E-state index contributed by atoms with van der Waals surface area (Å²) in [4.78, 5) is 18.5. The second-order valence-electron chi connectivity index (χ2n) is 4.27. The molecule has 0 aliphatic carbocycles. The molecular formula is C13H15N5OS. The lowest BCUT2D eigenvalue weighted by molar-refractivity contribution is 0.0742. The van der Waals surface area contributed by atoms with E-state index in [4.69, 9.17) is 18.0 Å². The van der Waals surface area contributed by atoms with Crippen LogP contribution in [0.1, 0.15) is 22.5 Å². The molecule has 0 saturated carbocycles. The minimum atomic E-state index is -0.136. The van der Waals surface area contributed by atoms with Crippen LogP contribution in [0.25, 0.3) is 0 Å². The summed E-state index contributed by atoms with van der Waals surface area (Å²) in [6.45, 7) is 0.913. The van der Waals surface area contributed by atoms with Gasteiger partial charge in [0.15, 0.2) is 0 Å². The van der Waals surface area contributed by atoms with Crippen LogP contribution in [0, 0.1) is 0 Å². The maximum absolute atomic E-state index is 12.4. The topological polar surface area (TPSA) is 87.9 Å². The molecule has 0 saturated heterocycles. The highest BCUT2D eigenvalue weighted by Gasteiger charge is 2.17. The van der Waals surface area contributed by atoms with Crippen LogP contribution in [0.3, 0.4) is 0 Å². The fraction of sp³-hybridized carbons (Fsp3) is 0.231.